The third-order valence-corrected chi connectivity index (χ3v) is 5.87. The minimum absolute atomic E-state index is 0.0558. The molecule has 30 heavy (non-hydrogen) atoms. The van der Waals surface area contributed by atoms with E-state index >= 15 is 0 Å². The largest absolute Gasteiger partial charge is 0.480 e. The predicted molar refractivity (Wildman–Crippen MR) is 117 cm³/mol. The van der Waals surface area contributed by atoms with Gasteiger partial charge in [-0.3, -0.25) is 9.59 Å². The van der Waals surface area contributed by atoms with Gasteiger partial charge in [-0.1, -0.05) is 42.5 Å². The molecule has 1 amide bonds. The van der Waals surface area contributed by atoms with Gasteiger partial charge in [0.1, 0.15) is 6.54 Å². The predicted octanol–water partition coefficient (Wildman–Crippen LogP) is 3.42. The molecule has 0 radical (unpaired) electrons. The second kappa shape index (κ2) is 9.11. The van der Waals surface area contributed by atoms with Gasteiger partial charge in [-0.25, -0.2) is 4.68 Å². The molecule has 3 aromatic rings. The Bertz CT molecular complexity index is 1080. The lowest BCUT2D eigenvalue weighted by Crippen LogP contribution is -2.46. The van der Waals surface area contributed by atoms with Crippen LogP contribution < -0.4 is 10.3 Å². The number of hydrogen-bond acceptors (Lipinski definition) is 4. The van der Waals surface area contributed by atoms with Crippen molar-refractivity contribution in [3.63, 3.8) is 0 Å². The van der Waals surface area contributed by atoms with Crippen molar-refractivity contribution >= 4 is 16.7 Å². The minimum Gasteiger partial charge on any atom is -0.480 e. The average molecular weight is 405 g/mol. The number of amides is 1. The van der Waals surface area contributed by atoms with Crippen molar-refractivity contribution in [2.24, 2.45) is 0 Å². The summed E-state index contributed by atoms with van der Waals surface area (Å²) in [5.74, 6) is 0.303. The fraction of sp³-hybridized carbons (Fsp3) is 0.375. The number of likely N-dealkylation sites (tertiary alicyclic amines) is 1. The summed E-state index contributed by atoms with van der Waals surface area (Å²) in [6.07, 6.45) is 5.00. The molecular weight excluding hydrogens is 378 g/mol. The highest BCUT2D eigenvalue weighted by Gasteiger charge is 2.27. The SMILES string of the molecule is COc1nn(CC(=O)N2CCCC[C@H]2CCc2ccccc2)c(=O)c2ccccc12. The van der Waals surface area contributed by atoms with E-state index in [-0.39, 0.29) is 24.1 Å². The molecule has 1 atom stereocenters. The summed E-state index contributed by atoms with van der Waals surface area (Å²) in [7, 11) is 1.52. The molecule has 0 N–H and O–H groups in total. The number of aromatic nitrogens is 2. The number of carbonyl (C=O) groups excluding carboxylic acids is 1. The van der Waals surface area contributed by atoms with Gasteiger partial charge in [0, 0.05) is 12.6 Å². The number of piperidine rings is 1. The number of hydrogen-bond donors (Lipinski definition) is 0. The first-order chi connectivity index (χ1) is 14.7. The smallest absolute Gasteiger partial charge is 0.275 e. The Balaban J connectivity index is 1.53. The number of ether oxygens (including phenoxy) is 1. The molecule has 0 unspecified atom stereocenters. The first-order valence-electron chi connectivity index (χ1n) is 10.5. The zero-order valence-corrected chi connectivity index (χ0v) is 17.3. The molecule has 2 heterocycles. The normalized spacial score (nSPS) is 16.6. The Morgan fingerprint density at radius 2 is 1.80 bits per heavy atom. The lowest BCUT2D eigenvalue weighted by Gasteiger charge is -2.36. The standard InChI is InChI=1S/C24H27N3O3/c1-30-23-20-12-5-6-13-21(20)24(29)27(25-23)17-22(28)26-16-8-7-11-19(26)15-14-18-9-3-2-4-10-18/h2-6,9-10,12-13,19H,7-8,11,14-17H2,1H3/t19-/m0/s1. The summed E-state index contributed by atoms with van der Waals surface area (Å²) >= 11 is 0. The van der Waals surface area contributed by atoms with Crippen LogP contribution in [0.15, 0.2) is 59.4 Å². The zero-order chi connectivity index (χ0) is 20.9. The number of fused-ring (bicyclic) bond motifs is 1. The van der Waals surface area contributed by atoms with Gasteiger partial charge < -0.3 is 9.64 Å². The average Bonchev–Trinajstić information content (AvgIpc) is 2.80. The monoisotopic (exact) mass is 405 g/mol. The topological polar surface area (TPSA) is 64.4 Å². The summed E-state index contributed by atoms with van der Waals surface area (Å²) in [6, 6.07) is 17.7. The Morgan fingerprint density at radius 3 is 2.57 bits per heavy atom. The fourth-order valence-electron chi connectivity index (χ4n) is 4.29. The van der Waals surface area contributed by atoms with Crippen LogP contribution in [-0.2, 0) is 17.8 Å². The molecule has 1 saturated heterocycles. The number of aryl methyl sites for hydroxylation is 1. The summed E-state index contributed by atoms with van der Waals surface area (Å²) in [5, 5.41) is 5.48. The molecule has 0 spiro atoms. The van der Waals surface area contributed by atoms with E-state index in [9.17, 15) is 9.59 Å². The fourth-order valence-corrected chi connectivity index (χ4v) is 4.29. The van der Waals surface area contributed by atoms with Crippen molar-refractivity contribution in [3.8, 4) is 5.88 Å². The lowest BCUT2D eigenvalue weighted by molar-refractivity contribution is -0.136. The van der Waals surface area contributed by atoms with Crippen molar-refractivity contribution in [1.82, 2.24) is 14.7 Å². The first-order valence-corrected chi connectivity index (χ1v) is 10.5. The highest BCUT2D eigenvalue weighted by Crippen LogP contribution is 2.23. The van der Waals surface area contributed by atoms with E-state index in [4.69, 9.17) is 4.74 Å². The maximum absolute atomic E-state index is 13.2. The molecule has 6 heteroatoms. The molecule has 1 aromatic heterocycles. The van der Waals surface area contributed by atoms with E-state index in [1.54, 1.807) is 18.2 Å². The second-order valence-electron chi connectivity index (χ2n) is 7.78. The molecule has 0 saturated carbocycles. The maximum Gasteiger partial charge on any atom is 0.275 e. The molecule has 4 rings (SSSR count). The zero-order valence-electron chi connectivity index (χ0n) is 17.3. The summed E-state index contributed by atoms with van der Waals surface area (Å²) < 4.78 is 6.61. The van der Waals surface area contributed by atoms with Gasteiger partial charge >= 0.3 is 0 Å². The third kappa shape index (κ3) is 4.22. The van der Waals surface area contributed by atoms with Crippen LogP contribution in [0.5, 0.6) is 5.88 Å². The number of rotatable bonds is 6. The van der Waals surface area contributed by atoms with Crippen LogP contribution in [0.3, 0.4) is 0 Å². The Kier molecular flexibility index (Phi) is 6.12. The molecule has 0 bridgehead atoms. The van der Waals surface area contributed by atoms with Gasteiger partial charge in [-0.05, 0) is 49.8 Å². The minimum atomic E-state index is -0.266. The van der Waals surface area contributed by atoms with E-state index in [1.165, 1.54) is 17.4 Å². The van der Waals surface area contributed by atoms with Crippen LogP contribution in [0.25, 0.3) is 10.8 Å². The van der Waals surface area contributed by atoms with Gasteiger partial charge in [-0.2, -0.15) is 0 Å². The molecule has 6 nitrogen and oxygen atoms in total. The lowest BCUT2D eigenvalue weighted by atomic mass is 9.95. The molecule has 1 aliphatic heterocycles. The van der Waals surface area contributed by atoms with Gasteiger partial charge in [-0.15, -0.1) is 5.10 Å². The van der Waals surface area contributed by atoms with E-state index in [1.807, 2.05) is 29.2 Å². The van der Waals surface area contributed by atoms with Gasteiger partial charge in [0.25, 0.3) is 5.56 Å². The Hall–Kier alpha value is -3.15. The molecule has 1 fully saturated rings. The Morgan fingerprint density at radius 1 is 1.07 bits per heavy atom. The molecule has 156 valence electrons. The molecule has 1 aliphatic rings. The van der Waals surface area contributed by atoms with Crippen molar-refractivity contribution in [2.75, 3.05) is 13.7 Å². The molecule has 0 aliphatic carbocycles. The van der Waals surface area contributed by atoms with E-state index in [2.05, 4.69) is 17.2 Å². The number of benzene rings is 2. The van der Waals surface area contributed by atoms with Crippen LogP contribution >= 0.6 is 0 Å². The van der Waals surface area contributed by atoms with Crippen LogP contribution in [0, 0.1) is 0 Å². The van der Waals surface area contributed by atoms with Crippen molar-refractivity contribution in [3.05, 3.63) is 70.5 Å². The van der Waals surface area contributed by atoms with Crippen LogP contribution in [0.4, 0.5) is 0 Å². The quantitative estimate of drug-likeness (QED) is 0.630. The molecule has 2 aromatic carbocycles. The highest BCUT2D eigenvalue weighted by atomic mass is 16.5. The van der Waals surface area contributed by atoms with Gasteiger partial charge in [0.05, 0.1) is 17.9 Å². The molecular formula is C24H27N3O3. The van der Waals surface area contributed by atoms with Gasteiger partial charge in [0.2, 0.25) is 11.8 Å². The van der Waals surface area contributed by atoms with Crippen molar-refractivity contribution in [1.29, 1.82) is 0 Å². The van der Waals surface area contributed by atoms with Gasteiger partial charge in [0.15, 0.2) is 0 Å². The van der Waals surface area contributed by atoms with Crippen LogP contribution in [0.1, 0.15) is 31.2 Å². The van der Waals surface area contributed by atoms with Crippen LogP contribution in [-0.4, -0.2) is 40.3 Å². The summed E-state index contributed by atoms with van der Waals surface area (Å²) in [4.78, 5) is 28.0. The maximum atomic E-state index is 13.2. The van der Waals surface area contributed by atoms with Crippen molar-refractivity contribution < 1.29 is 9.53 Å². The van der Waals surface area contributed by atoms with Crippen LogP contribution in [0.2, 0.25) is 0 Å². The summed E-state index contributed by atoms with van der Waals surface area (Å²) in [5.41, 5.74) is 1.02. The second-order valence-corrected chi connectivity index (χ2v) is 7.78. The highest BCUT2D eigenvalue weighted by molar-refractivity contribution is 5.86. The van der Waals surface area contributed by atoms with E-state index in [0.717, 1.165) is 38.6 Å². The number of methoxy groups -OCH3 is 1. The third-order valence-electron chi connectivity index (χ3n) is 5.87. The number of carbonyl (C=O) groups is 1. The van der Waals surface area contributed by atoms with E-state index < -0.39 is 0 Å². The van der Waals surface area contributed by atoms with Crippen molar-refractivity contribution in [2.45, 2.75) is 44.7 Å². The van der Waals surface area contributed by atoms with E-state index in [0.29, 0.717) is 16.7 Å². The summed E-state index contributed by atoms with van der Waals surface area (Å²) in [6.45, 7) is 0.666. The Labute approximate surface area is 176 Å². The first kappa shape index (κ1) is 20.1. The number of nitrogens with zero attached hydrogens (tertiary/aromatic N) is 3.